The molecule has 0 saturated carbocycles. The second-order valence-corrected chi connectivity index (χ2v) is 6.08. The Bertz CT molecular complexity index is 491. The normalized spacial score (nSPS) is 10.7. The second-order valence-electron chi connectivity index (χ2n) is 5.10. The summed E-state index contributed by atoms with van der Waals surface area (Å²) in [5.41, 5.74) is 1.82. The minimum Gasteiger partial charge on any atom is -0.356 e. The molecule has 0 bridgehead atoms. The highest BCUT2D eigenvalue weighted by molar-refractivity contribution is 14.0. The molecule has 130 valence electrons. The highest BCUT2D eigenvalue weighted by atomic mass is 127. The third-order valence-corrected chi connectivity index (χ3v) is 3.81. The number of hydrogen-bond acceptors (Lipinski definition) is 3. The van der Waals surface area contributed by atoms with Crippen LogP contribution in [0.4, 0.5) is 0 Å². The molecule has 0 radical (unpaired) electrons. The van der Waals surface area contributed by atoms with Gasteiger partial charge in [-0.25, -0.2) is 0 Å². The first kappa shape index (κ1) is 22.0. The maximum Gasteiger partial charge on any atom is 0.253 e. The molecule has 1 amide bonds. The molecule has 1 rings (SSSR count). The molecular formula is C16H27IN4OS. The summed E-state index contributed by atoms with van der Waals surface area (Å²) in [7, 11) is 5.28. The minimum absolute atomic E-state index is 0. The van der Waals surface area contributed by atoms with Crippen LogP contribution in [0, 0.1) is 0 Å². The molecular weight excluding hydrogens is 423 g/mol. The number of rotatable bonds is 7. The first-order valence-electron chi connectivity index (χ1n) is 7.32. The van der Waals surface area contributed by atoms with Gasteiger partial charge in [0.25, 0.3) is 5.91 Å². The molecule has 0 fully saturated rings. The Morgan fingerprint density at radius 3 is 2.39 bits per heavy atom. The van der Waals surface area contributed by atoms with Crippen LogP contribution in [-0.4, -0.2) is 56.5 Å². The molecule has 0 heterocycles. The topological polar surface area (TPSA) is 56.7 Å². The predicted molar refractivity (Wildman–Crippen MR) is 111 cm³/mol. The van der Waals surface area contributed by atoms with E-state index in [9.17, 15) is 4.79 Å². The zero-order chi connectivity index (χ0) is 16.4. The predicted octanol–water partition coefficient (Wildman–Crippen LogP) is 2.42. The van der Waals surface area contributed by atoms with Gasteiger partial charge in [0.05, 0.1) is 0 Å². The lowest BCUT2D eigenvalue weighted by molar-refractivity contribution is 0.0827. The highest BCUT2D eigenvalue weighted by Crippen LogP contribution is 2.06. The Morgan fingerprint density at radius 1 is 1.22 bits per heavy atom. The van der Waals surface area contributed by atoms with E-state index in [0.29, 0.717) is 12.1 Å². The quantitative estimate of drug-likeness (QED) is 0.290. The number of hydrogen-bond donors (Lipinski definition) is 2. The van der Waals surface area contributed by atoms with Crippen molar-refractivity contribution in [1.29, 1.82) is 0 Å². The number of carbonyl (C=O) groups excluding carboxylic acids is 1. The Balaban J connectivity index is 0.00000484. The van der Waals surface area contributed by atoms with E-state index < -0.39 is 0 Å². The lowest BCUT2D eigenvalue weighted by Crippen LogP contribution is -2.37. The summed E-state index contributed by atoms with van der Waals surface area (Å²) in [5.74, 6) is 1.96. The van der Waals surface area contributed by atoms with Gasteiger partial charge in [0.1, 0.15) is 0 Å². The summed E-state index contributed by atoms with van der Waals surface area (Å²) >= 11 is 1.85. The molecule has 0 unspecified atom stereocenters. The van der Waals surface area contributed by atoms with Crippen LogP contribution in [0.1, 0.15) is 22.3 Å². The molecule has 0 aliphatic rings. The number of nitrogens with one attached hydrogen (secondary N) is 2. The zero-order valence-electron chi connectivity index (χ0n) is 14.3. The standard InChI is InChI=1S/C16H26N4OS.HI/c1-17-16(18-10-5-11-22-4)19-12-13-6-8-14(9-7-13)15(21)20(2)3;/h6-9H,5,10-12H2,1-4H3,(H2,17,18,19);1H. The van der Waals surface area contributed by atoms with Gasteiger partial charge in [-0.3, -0.25) is 9.79 Å². The number of aliphatic imine (C=N–C) groups is 1. The molecule has 1 aromatic rings. The summed E-state index contributed by atoms with van der Waals surface area (Å²) in [6.45, 7) is 1.59. The van der Waals surface area contributed by atoms with Crippen LogP contribution >= 0.6 is 35.7 Å². The summed E-state index contributed by atoms with van der Waals surface area (Å²) < 4.78 is 0. The van der Waals surface area contributed by atoms with E-state index in [4.69, 9.17) is 0 Å². The van der Waals surface area contributed by atoms with Gasteiger partial charge in [-0.15, -0.1) is 24.0 Å². The van der Waals surface area contributed by atoms with Crippen LogP contribution in [0.5, 0.6) is 0 Å². The number of carbonyl (C=O) groups is 1. The fourth-order valence-electron chi connectivity index (χ4n) is 1.85. The van der Waals surface area contributed by atoms with Crippen molar-refractivity contribution >= 4 is 47.6 Å². The Labute approximate surface area is 160 Å². The van der Waals surface area contributed by atoms with Crippen LogP contribution < -0.4 is 10.6 Å². The number of nitrogens with zero attached hydrogens (tertiary/aromatic N) is 2. The van der Waals surface area contributed by atoms with E-state index in [1.165, 1.54) is 0 Å². The number of guanidine groups is 1. The van der Waals surface area contributed by atoms with E-state index in [0.717, 1.165) is 30.2 Å². The Morgan fingerprint density at radius 2 is 1.87 bits per heavy atom. The van der Waals surface area contributed by atoms with Gasteiger partial charge in [0, 0.05) is 39.8 Å². The van der Waals surface area contributed by atoms with Crippen molar-refractivity contribution in [1.82, 2.24) is 15.5 Å². The van der Waals surface area contributed by atoms with Crippen molar-refractivity contribution in [3.8, 4) is 0 Å². The van der Waals surface area contributed by atoms with Crippen LogP contribution in [0.2, 0.25) is 0 Å². The molecule has 0 aromatic heterocycles. The van der Waals surface area contributed by atoms with Crippen LogP contribution in [-0.2, 0) is 6.54 Å². The molecule has 0 saturated heterocycles. The average Bonchev–Trinajstić information content (AvgIpc) is 2.54. The van der Waals surface area contributed by atoms with Crippen molar-refractivity contribution in [3.63, 3.8) is 0 Å². The second kappa shape index (κ2) is 12.5. The minimum atomic E-state index is 0. The first-order valence-corrected chi connectivity index (χ1v) is 8.72. The van der Waals surface area contributed by atoms with Gasteiger partial charge in [-0.2, -0.15) is 11.8 Å². The summed E-state index contributed by atoms with van der Waals surface area (Å²) in [6.07, 6.45) is 3.22. The van der Waals surface area contributed by atoms with E-state index in [2.05, 4.69) is 21.9 Å². The Kier molecular flexibility index (Phi) is 11.9. The third kappa shape index (κ3) is 8.45. The van der Waals surface area contributed by atoms with E-state index >= 15 is 0 Å². The molecule has 0 atom stereocenters. The molecule has 23 heavy (non-hydrogen) atoms. The molecule has 0 aliphatic carbocycles. The Hall–Kier alpha value is -0.960. The van der Waals surface area contributed by atoms with Crippen molar-refractivity contribution in [2.75, 3.05) is 39.7 Å². The molecule has 2 N–H and O–H groups in total. The summed E-state index contributed by atoms with van der Waals surface area (Å²) in [4.78, 5) is 17.6. The van der Waals surface area contributed by atoms with E-state index in [-0.39, 0.29) is 29.9 Å². The smallest absolute Gasteiger partial charge is 0.253 e. The molecule has 7 heteroatoms. The van der Waals surface area contributed by atoms with Gasteiger partial charge in [0.15, 0.2) is 5.96 Å². The van der Waals surface area contributed by atoms with Gasteiger partial charge < -0.3 is 15.5 Å². The molecule has 0 aliphatic heterocycles. The monoisotopic (exact) mass is 450 g/mol. The molecule has 1 aromatic carbocycles. The van der Waals surface area contributed by atoms with Crippen molar-refractivity contribution in [2.45, 2.75) is 13.0 Å². The fourth-order valence-corrected chi connectivity index (χ4v) is 2.29. The van der Waals surface area contributed by atoms with Crippen LogP contribution in [0.25, 0.3) is 0 Å². The van der Waals surface area contributed by atoms with Crippen LogP contribution in [0.3, 0.4) is 0 Å². The van der Waals surface area contributed by atoms with Gasteiger partial charge >= 0.3 is 0 Å². The van der Waals surface area contributed by atoms with Crippen molar-refractivity contribution in [3.05, 3.63) is 35.4 Å². The van der Waals surface area contributed by atoms with E-state index in [1.54, 1.807) is 26.0 Å². The van der Waals surface area contributed by atoms with Gasteiger partial charge in [-0.05, 0) is 36.1 Å². The zero-order valence-corrected chi connectivity index (χ0v) is 17.4. The third-order valence-electron chi connectivity index (χ3n) is 3.11. The number of thioether (sulfide) groups is 1. The largest absolute Gasteiger partial charge is 0.356 e. The fraction of sp³-hybridized carbons (Fsp3) is 0.500. The number of amides is 1. The molecule has 0 spiro atoms. The van der Waals surface area contributed by atoms with Crippen LogP contribution in [0.15, 0.2) is 29.3 Å². The van der Waals surface area contributed by atoms with Crippen molar-refractivity contribution < 1.29 is 4.79 Å². The lowest BCUT2D eigenvalue weighted by Gasteiger charge is -2.13. The van der Waals surface area contributed by atoms with Crippen molar-refractivity contribution in [2.24, 2.45) is 4.99 Å². The number of halogens is 1. The maximum atomic E-state index is 11.8. The SMILES string of the molecule is CN=C(NCCCSC)NCc1ccc(C(=O)N(C)C)cc1.I. The first-order chi connectivity index (χ1) is 10.6. The average molecular weight is 450 g/mol. The summed E-state index contributed by atoms with van der Waals surface area (Å²) in [5, 5.41) is 6.55. The van der Waals surface area contributed by atoms with E-state index in [1.807, 2.05) is 36.0 Å². The maximum absolute atomic E-state index is 11.8. The van der Waals surface area contributed by atoms with Gasteiger partial charge in [0.2, 0.25) is 0 Å². The van der Waals surface area contributed by atoms with Gasteiger partial charge in [-0.1, -0.05) is 12.1 Å². The summed E-state index contributed by atoms with van der Waals surface area (Å²) in [6, 6.07) is 7.64. The number of benzene rings is 1. The molecule has 5 nitrogen and oxygen atoms in total. The highest BCUT2D eigenvalue weighted by Gasteiger charge is 2.07. The lowest BCUT2D eigenvalue weighted by atomic mass is 10.1.